The van der Waals surface area contributed by atoms with Crippen LogP contribution in [0.3, 0.4) is 0 Å². The van der Waals surface area contributed by atoms with E-state index in [9.17, 15) is 10.4 Å². The fourth-order valence-electron chi connectivity index (χ4n) is 2.44. The Morgan fingerprint density at radius 2 is 2.33 bits per heavy atom. The van der Waals surface area contributed by atoms with Gasteiger partial charge in [0.2, 0.25) is 0 Å². The van der Waals surface area contributed by atoms with Gasteiger partial charge in [-0.25, -0.2) is 0 Å². The molecule has 1 aliphatic carbocycles. The second-order valence-electron chi connectivity index (χ2n) is 4.95. The second-order valence-corrected chi connectivity index (χ2v) is 4.95. The molecule has 0 bridgehead atoms. The fraction of sp³-hybridized carbons (Fsp3) is 0.917. The molecular weight excluding hydrogens is 190 g/mol. The summed E-state index contributed by atoms with van der Waals surface area (Å²) >= 11 is 0. The maximum Gasteiger partial charge on any atom is 0.104 e. The molecule has 86 valence electrons. The van der Waals surface area contributed by atoms with Crippen molar-refractivity contribution in [2.45, 2.75) is 45.6 Å². The first-order chi connectivity index (χ1) is 6.97. The largest absolute Gasteiger partial charge is 0.386 e. The van der Waals surface area contributed by atoms with Crippen LogP contribution in [-0.2, 0) is 4.74 Å². The van der Waals surface area contributed by atoms with Gasteiger partial charge in [0, 0.05) is 6.61 Å². The van der Waals surface area contributed by atoms with Crippen LogP contribution in [0.2, 0.25) is 0 Å². The van der Waals surface area contributed by atoms with Crippen LogP contribution in [0, 0.1) is 22.7 Å². The lowest BCUT2D eigenvalue weighted by Gasteiger charge is -2.37. The van der Waals surface area contributed by atoms with Crippen LogP contribution in [0.5, 0.6) is 0 Å². The first-order valence-electron chi connectivity index (χ1n) is 5.69. The molecule has 0 aromatic heterocycles. The average molecular weight is 211 g/mol. The predicted molar refractivity (Wildman–Crippen MR) is 58.2 cm³/mol. The summed E-state index contributed by atoms with van der Waals surface area (Å²) in [6.45, 7) is 6.59. The van der Waals surface area contributed by atoms with E-state index in [1.54, 1.807) is 6.92 Å². The summed E-state index contributed by atoms with van der Waals surface area (Å²) in [7, 11) is 0. The molecule has 3 atom stereocenters. The SMILES string of the molecule is CCOCC(C)(O)C1(C#N)CCC(C)C1. The van der Waals surface area contributed by atoms with E-state index >= 15 is 0 Å². The number of rotatable bonds is 4. The monoisotopic (exact) mass is 211 g/mol. The third-order valence-corrected chi connectivity index (χ3v) is 3.59. The Morgan fingerprint density at radius 1 is 1.67 bits per heavy atom. The van der Waals surface area contributed by atoms with Crippen LogP contribution in [-0.4, -0.2) is 23.9 Å². The first kappa shape index (κ1) is 12.5. The molecule has 0 aromatic rings. The number of hydrogen-bond acceptors (Lipinski definition) is 3. The Kier molecular flexibility index (Phi) is 3.75. The summed E-state index contributed by atoms with van der Waals surface area (Å²) in [4.78, 5) is 0. The van der Waals surface area contributed by atoms with Crippen molar-refractivity contribution in [2.75, 3.05) is 13.2 Å². The van der Waals surface area contributed by atoms with Crippen LogP contribution >= 0.6 is 0 Å². The van der Waals surface area contributed by atoms with Crippen molar-refractivity contribution >= 4 is 0 Å². The maximum atomic E-state index is 10.4. The van der Waals surface area contributed by atoms with Crippen LogP contribution in [0.15, 0.2) is 0 Å². The molecule has 1 saturated carbocycles. The number of ether oxygens (including phenoxy) is 1. The second kappa shape index (κ2) is 4.51. The maximum absolute atomic E-state index is 10.4. The zero-order chi connectivity index (χ0) is 11.5. The molecule has 1 rings (SSSR count). The number of nitrogens with zero attached hydrogens (tertiary/aromatic N) is 1. The molecule has 0 amide bonds. The molecule has 15 heavy (non-hydrogen) atoms. The van der Waals surface area contributed by atoms with E-state index in [0.29, 0.717) is 12.5 Å². The van der Waals surface area contributed by atoms with E-state index in [1.165, 1.54) is 0 Å². The zero-order valence-corrected chi connectivity index (χ0v) is 9.92. The highest BCUT2D eigenvalue weighted by atomic mass is 16.5. The lowest BCUT2D eigenvalue weighted by atomic mass is 9.72. The van der Waals surface area contributed by atoms with Gasteiger partial charge in [-0.2, -0.15) is 5.26 Å². The van der Waals surface area contributed by atoms with Crippen molar-refractivity contribution in [3.8, 4) is 6.07 Å². The predicted octanol–water partition coefficient (Wildman–Crippen LogP) is 2.10. The quantitative estimate of drug-likeness (QED) is 0.774. The molecule has 3 unspecified atom stereocenters. The minimum atomic E-state index is -1.03. The normalized spacial score (nSPS) is 34.7. The van der Waals surface area contributed by atoms with Crippen molar-refractivity contribution in [3.05, 3.63) is 0 Å². The van der Waals surface area contributed by atoms with Gasteiger partial charge in [0.15, 0.2) is 0 Å². The van der Waals surface area contributed by atoms with Gasteiger partial charge in [0.25, 0.3) is 0 Å². The van der Waals surface area contributed by atoms with E-state index < -0.39 is 11.0 Å². The van der Waals surface area contributed by atoms with Crippen LogP contribution in [0.1, 0.15) is 40.0 Å². The van der Waals surface area contributed by atoms with Crippen LogP contribution in [0.25, 0.3) is 0 Å². The number of hydrogen-bond donors (Lipinski definition) is 1. The van der Waals surface area contributed by atoms with Crippen molar-refractivity contribution in [1.29, 1.82) is 5.26 Å². The highest BCUT2D eigenvalue weighted by Crippen LogP contribution is 2.48. The molecule has 1 fully saturated rings. The van der Waals surface area contributed by atoms with Crippen molar-refractivity contribution < 1.29 is 9.84 Å². The Labute approximate surface area is 92.0 Å². The summed E-state index contributed by atoms with van der Waals surface area (Å²) in [6.07, 6.45) is 2.59. The van der Waals surface area contributed by atoms with E-state index in [4.69, 9.17) is 4.74 Å². The molecule has 0 aromatic carbocycles. The molecule has 3 nitrogen and oxygen atoms in total. The standard InChI is InChI=1S/C12H21NO2/c1-4-15-9-11(3,14)12(8-13)6-5-10(2)7-12/h10,14H,4-7,9H2,1-3H3. The summed E-state index contributed by atoms with van der Waals surface area (Å²) < 4.78 is 5.27. The molecule has 0 aliphatic heterocycles. The summed E-state index contributed by atoms with van der Waals surface area (Å²) in [5.41, 5.74) is -1.63. The van der Waals surface area contributed by atoms with Gasteiger partial charge in [-0.1, -0.05) is 6.92 Å². The Morgan fingerprint density at radius 3 is 2.73 bits per heavy atom. The molecule has 0 spiro atoms. The minimum Gasteiger partial charge on any atom is -0.386 e. The van der Waals surface area contributed by atoms with Gasteiger partial charge in [-0.3, -0.25) is 0 Å². The molecular formula is C12H21NO2. The van der Waals surface area contributed by atoms with Crippen molar-refractivity contribution in [1.82, 2.24) is 0 Å². The van der Waals surface area contributed by atoms with Gasteiger partial charge in [0.05, 0.1) is 18.1 Å². The van der Waals surface area contributed by atoms with Gasteiger partial charge in [-0.05, 0) is 39.0 Å². The Hall–Kier alpha value is -0.590. The molecule has 1 aliphatic rings. The highest BCUT2D eigenvalue weighted by molar-refractivity contribution is 5.13. The van der Waals surface area contributed by atoms with E-state index in [0.717, 1.165) is 19.3 Å². The highest BCUT2D eigenvalue weighted by Gasteiger charge is 2.51. The van der Waals surface area contributed by atoms with Gasteiger partial charge >= 0.3 is 0 Å². The lowest BCUT2D eigenvalue weighted by molar-refractivity contribution is -0.0956. The lowest BCUT2D eigenvalue weighted by Crippen LogP contribution is -2.47. The molecule has 0 radical (unpaired) electrons. The fourth-order valence-corrected chi connectivity index (χ4v) is 2.44. The molecule has 0 heterocycles. The van der Waals surface area contributed by atoms with Gasteiger partial charge < -0.3 is 9.84 Å². The van der Waals surface area contributed by atoms with Gasteiger partial charge in [-0.15, -0.1) is 0 Å². The number of aliphatic hydroxyl groups is 1. The minimum absolute atomic E-state index is 0.254. The summed E-state index contributed by atoms with van der Waals surface area (Å²) in [5, 5.41) is 19.7. The van der Waals surface area contributed by atoms with Crippen molar-refractivity contribution in [2.24, 2.45) is 11.3 Å². The third kappa shape index (κ3) is 2.32. The topological polar surface area (TPSA) is 53.2 Å². The third-order valence-electron chi connectivity index (χ3n) is 3.59. The molecule has 1 N–H and O–H groups in total. The molecule has 3 heteroatoms. The van der Waals surface area contributed by atoms with Crippen molar-refractivity contribution in [3.63, 3.8) is 0 Å². The number of nitriles is 1. The summed E-state index contributed by atoms with van der Waals surface area (Å²) in [5.74, 6) is 0.526. The van der Waals surface area contributed by atoms with E-state index in [1.807, 2.05) is 6.92 Å². The summed E-state index contributed by atoms with van der Waals surface area (Å²) in [6, 6.07) is 2.33. The smallest absolute Gasteiger partial charge is 0.104 e. The van der Waals surface area contributed by atoms with Crippen LogP contribution in [0.4, 0.5) is 0 Å². The van der Waals surface area contributed by atoms with Crippen LogP contribution < -0.4 is 0 Å². The Bertz CT molecular complexity index is 257. The van der Waals surface area contributed by atoms with E-state index in [-0.39, 0.29) is 6.61 Å². The average Bonchev–Trinajstić information content (AvgIpc) is 2.59. The first-order valence-corrected chi connectivity index (χ1v) is 5.69. The van der Waals surface area contributed by atoms with E-state index in [2.05, 4.69) is 13.0 Å². The Balaban J connectivity index is 2.77. The molecule has 0 saturated heterocycles. The van der Waals surface area contributed by atoms with Gasteiger partial charge in [0.1, 0.15) is 5.60 Å². The zero-order valence-electron chi connectivity index (χ0n) is 9.92.